The molecule has 33 heavy (non-hydrogen) atoms. The van der Waals surface area contributed by atoms with E-state index in [-0.39, 0.29) is 24.2 Å². The van der Waals surface area contributed by atoms with Gasteiger partial charge in [-0.25, -0.2) is 9.48 Å². The Morgan fingerprint density at radius 2 is 1.88 bits per heavy atom. The molecule has 6 nitrogen and oxygen atoms in total. The Bertz CT molecular complexity index is 1270. The van der Waals surface area contributed by atoms with Crippen molar-refractivity contribution in [1.82, 2.24) is 15.1 Å². The summed E-state index contributed by atoms with van der Waals surface area (Å²) < 4.78 is 6.97. The number of thiophene rings is 1. The van der Waals surface area contributed by atoms with Crippen molar-refractivity contribution in [1.29, 1.82) is 0 Å². The van der Waals surface area contributed by atoms with Crippen LogP contribution >= 0.6 is 11.3 Å². The first-order chi connectivity index (χ1) is 16.2. The average Bonchev–Trinajstić information content (AvgIpc) is 3.54. The number of aromatic nitrogens is 2. The Morgan fingerprint density at radius 3 is 2.70 bits per heavy atom. The summed E-state index contributed by atoms with van der Waals surface area (Å²) >= 11 is 1.54. The standard InChI is InChI=1S/C26H23N3O3S/c30-25(27-21-13-6-9-18-8-4-5-12-20(18)21)17-32-26(31)23-16-22(24-14-7-15-33-24)28-29(23)19-10-2-1-3-11-19/h1-5,7-8,10-12,14-16,21H,6,9,13,17H2,(H,27,30)/t21-/m0/s1. The molecule has 166 valence electrons. The minimum Gasteiger partial charge on any atom is -0.451 e. The smallest absolute Gasteiger partial charge is 0.357 e. The Labute approximate surface area is 195 Å². The molecule has 4 aromatic rings. The van der Waals surface area contributed by atoms with Crippen LogP contribution in [0.1, 0.15) is 40.5 Å². The van der Waals surface area contributed by atoms with Gasteiger partial charge < -0.3 is 10.1 Å². The second-order valence-electron chi connectivity index (χ2n) is 7.93. The number of fused-ring (bicyclic) bond motifs is 1. The predicted molar refractivity (Wildman–Crippen MR) is 127 cm³/mol. The van der Waals surface area contributed by atoms with Crippen molar-refractivity contribution in [2.45, 2.75) is 25.3 Å². The van der Waals surface area contributed by atoms with Gasteiger partial charge in [0, 0.05) is 6.07 Å². The third-order valence-corrected chi connectivity index (χ3v) is 6.62. The highest BCUT2D eigenvalue weighted by Crippen LogP contribution is 2.29. The van der Waals surface area contributed by atoms with Crippen LogP contribution in [0.2, 0.25) is 0 Å². The van der Waals surface area contributed by atoms with E-state index in [1.54, 1.807) is 22.1 Å². The number of carbonyl (C=O) groups is 2. The number of hydrogen-bond acceptors (Lipinski definition) is 5. The summed E-state index contributed by atoms with van der Waals surface area (Å²) in [5, 5.41) is 9.60. The molecule has 2 aromatic carbocycles. The SMILES string of the molecule is O=C(COC(=O)c1cc(-c2cccs2)nn1-c1ccccc1)N[C@H]1CCCc2ccccc21. The summed E-state index contributed by atoms with van der Waals surface area (Å²) in [6, 6.07) is 23.1. The van der Waals surface area contributed by atoms with Crippen molar-refractivity contribution in [2.24, 2.45) is 0 Å². The van der Waals surface area contributed by atoms with Gasteiger partial charge in [-0.3, -0.25) is 4.79 Å². The molecule has 0 spiro atoms. The highest BCUT2D eigenvalue weighted by Gasteiger charge is 2.23. The quantitative estimate of drug-likeness (QED) is 0.416. The van der Waals surface area contributed by atoms with Gasteiger partial charge in [0.25, 0.3) is 5.91 Å². The molecule has 0 unspecified atom stereocenters. The molecular weight excluding hydrogens is 434 g/mol. The van der Waals surface area contributed by atoms with Crippen LogP contribution in [0.4, 0.5) is 0 Å². The summed E-state index contributed by atoms with van der Waals surface area (Å²) in [5.41, 5.74) is 4.12. The first-order valence-electron chi connectivity index (χ1n) is 10.9. The summed E-state index contributed by atoms with van der Waals surface area (Å²) in [6.45, 7) is -0.341. The van der Waals surface area contributed by atoms with Gasteiger partial charge in [0.2, 0.25) is 0 Å². The van der Waals surface area contributed by atoms with E-state index in [1.807, 2.05) is 60.0 Å². The molecule has 0 radical (unpaired) electrons. The van der Waals surface area contributed by atoms with Crippen molar-refractivity contribution in [3.05, 3.63) is 95.0 Å². The van der Waals surface area contributed by atoms with Crippen LogP contribution in [0.25, 0.3) is 16.3 Å². The first-order valence-corrected chi connectivity index (χ1v) is 11.8. The van der Waals surface area contributed by atoms with Crippen LogP contribution in [0, 0.1) is 0 Å². The van der Waals surface area contributed by atoms with Crippen molar-refractivity contribution in [3.63, 3.8) is 0 Å². The molecule has 7 heteroatoms. The topological polar surface area (TPSA) is 73.2 Å². The maximum Gasteiger partial charge on any atom is 0.357 e. The van der Waals surface area contributed by atoms with Crippen molar-refractivity contribution in [3.8, 4) is 16.3 Å². The van der Waals surface area contributed by atoms with Gasteiger partial charge in [-0.1, -0.05) is 48.5 Å². The van der Waals surface area contributed by atoms with Crippen LogP contribution in [0.5, 0.6) is 0 Å². The van der Waals surface area contributed by atoms with E-state index in [2.05, 4.69) is 22.5 Å². The number of aryl methyl sites for hydroxylation is 1. The lowest BCUT2D eigenvalue weighted by atomic mass is 9.88. The van der Waals surface area contributed by atoms with Crippen LogP contribution in [-0.4, -0.2) is 28.3 Å². The predicted octanol–water partition coefficient (Wildman–Crippen LogP) is 4.95. The number of hydrogen-bond donors (Lipinski definition) is 1. The summed E-state index contributed by atoms with van der Waals surface area (Å²) in [5.74, 6) is -0.900. The molecule has 0 fully saturated rings. The Kier molecular flexibility index (Phi) is 6.04. The third kappa shape index (κ3) is 4.59. The van der Waals surface area contributed by atoms with E-state index in [9.17, 15) is 9.59 Å². The zero-order chi connectivity index (χ0) is 22.6. The second kappa shape index (κ2) is 9.42. The fraction of sp³-hybridized carbons (Fsp3) is 0.192. The normalized spacial score (nSPS) is 15.0. The number of ether oxygens (including phenoxy) is 1. The molecule has 1 aliphatic rings. The fourth-order valence-corrected chi connectivity index (χ4v) is 4.86. The number of amides is 1. The maximum absolute atomic E-state index is 13.0. The minimum atomic E-state index is -0.589. The highest BCUT2D eigenvalue weighted by atomic mass is 32.1. The second-order valence-corrected chi connectivity index (χ2v) is 8.87. The molecule has 5 rings (SSSR count). The molecule has 0 saturated heterocycles. The van der Waals surface area contributed by atoms with E-state index in [4.69, 9.17) is 4.74 Å². The van der Waals surface area contributed by atoms with Gasteiger partial charge >= 0.3 is 5.97 Å². The fourth-order valence-electron chi connectivity index (χ4n) is 4.18. The molecule has 1 atom stereocenters. The van der Waals surface area contributed by atoms with E-state index in [0.29, 0.717) is 5.69 Å². The van der Waals surface area contributed by atoms with E-state index < -0.39 is 5.97 Å². The van der Waals surface area contributed by atoms with E-state index >= 15 is 0 Å². The van der Waals surface area contributed by atoms with Crippen LogP contribution in [0.15, 0.2) is 78.2 Å². The Morgan fingerprint density at radius 1 is 1.06 bits per heavy atom. The lowest BCUT2D eigenvalue weighted by Gasteiger charge is -2.26. The number of rotatable bonds is 6. The Hall–Kier alpha value is -3.71. The number of carbonyl (C=O) groups excluding carboxylic acids is 2. The first kappa shape index (κ1) is 21.2. The van der Waals surface area contributed by atoms with E-state index in [1.165, 1.54) is 5.56 Å². The average molecular weight is 458 g/mol. The summed E-state index contributed by atoms with van der Waals surface area (Å²) in [6.07, 6.45) is 2.92. The van der Waals surface area contributed by atoms with Gasteiger partial charge in [0.15, 0.2) is 12.3 Å². The van der Waals surface area contributed by atoms with Gasteiger partial charge in [-0.2, -0.15) is 5.10 Å². The number of nitrogens with zero attached hydrogens (tertiary/aromatic N) is 2. The van der Waals surface area contributed by atoms with Crippen LogP contribution in [-0.2, 0) is 16.0 Å². The summed E-state index contributed by atoms with van der Waals surface area (Å²) in [4.78, 5) is 26.5. The van der Waals surface area contributed by atoms with Gasteiger partial charge in [0.05, 0.1) is 16.6 Å². The molecule has 1 amide bonds. The molecule has 2 aromatic heterocycles. The van der Waals surface area contributed by atoms with Gasteiger partial charge in [-0.15, -0.1) is 11.3 Å². The summed E-state index contributed by atoms with van der Waals surface area (Å²) in [7, 11) is 0. The van der Waals surface area contributed by atoms with Crippen molar-refractivity contribution < 1.29 is 14.3 Å². The van der Waals surface area contributed by atoms with Crippen LogP contribution < -0.4 is 5.32 Å². The minimum absolute atomic E-state index is 0.0542. The van der Waals surface area contributed by atoms with Crippen LogP contribution in [0.3, 0.4) is 0 Å². The molecule has 0 bridgehead atoms. The van der Waals surface area contributed by atoms with Crippen molar-refractivity contribution in [2.75, 3.05) is 6.61 Å². The zero-order valence-electron chi connectivity index (χ0n) is 17.9. The molecule has 1 aliphatic carbocycles. The number of benzene rings is 2. The molecule has 0 saturated carbocycles. The lowest BCUT2D eigenvalue weighted by Crippen LogP contribution is -2.34. The Balaban J connectivity index is 1.30. The molecule has 2 heterocycles. The van der Waals surface area contributed by atoms with Gasteiger partial charge in [-0.05, 0) is 54.0 Å². The zero-order valence-corrected chi connectivity index (χ0v) is 18.8. The van der Waals surface area contributed by atoms with Crippen molar-refractivity contribution >= 4 is 23.2 Å². The number of esters is 1. The lowest BCUT2D eigenvalue weighted by molar-refractivity contribution is -0.125. The number of para-hydroxylation sites is 1. The highest BCUT2D eigenvalue weighted by molar-refractivity contribution is 7.13. The maximum atomic E-state index is 13.0. The van der Waals surface area contributed by atoms with Gasteiger partial charge in [0.1, 0.15) is 5.69 Å². The third-order valence-electron chi connectivity index (χ3n) is 5.73. The molecular formula is C26H23N3O3S. The largest absolute Gasteiger partial charge is 0.451 e. The molecule has 1 N–H and O–H groups in total. The monoisotopic (exact) mass is 457 g/mol. The number of nitrogens with one attached hydrogen (secondary N) is 1. The molecule has 0 aliphatic heterocycles. The van der Waals surface area contributed by atoms with E-state index in [0.717, 1.165) is 35.4 Å².